The van der Waals surface area contributed by atoms with Crippen molar-refractivity contribution in [3.8, 4) is 11.8 Å². The van der Waals surface area contributed by atoms with E-state index < -0.39 is 5.97 Å². The molecule has 0 atom stereocenters. The molecule has 0 aliphatic heterocycles. The topological polar surface area (TPSA) is 123 Å². The molecule has 0 radical (unpaired) electrons. The molecule has 3 N–H and O–H groups in total. The van der Waals surface area contributed by atoms with Gasteiger partial charge in [0.2, 0.25) is 5.91 Å². The van der Waals surface area contributed by atoms with Gasteiger partial charge in [0, 0.05) is 5.69 Å². The Bertz CT molecular complexity index is 1070. The van der Waals surface area contributed by atoms with Gasteiger partial charge in [-0.3, -0.25) is 4.79 Å². The summed E-state index contributed by atoms with van der Waals surface area (Å²) in [7, 11) is 0. The van der Waals surface area contributed by atoms with Gasteiger partial charge < -0.3 is 15.8 Å². The molecule has 0 saturated carbocycles. The van der Waals surface area contributed by atoms with Crippen LogP contribution in [0.15, 0.2) is 54.6 Å². The number of nitrogen functional groups attached to an aromatic ring is 1. The fourth-order valence-corrected chi connectivity index (χ4v) is 2.75. The maximum Gasteiger partial charge on any atom is 0.338 e. The van der Waals surface area contributed by atoms with E-state index in [1.807, 2.05) is 24.3 Å². The van der Waals surface area contributed by atoms with E-state index in [0.29, 0.717) is 16.9 Å². The summed E-state index contributed by atoms with van der Waals surface area (Å²) in [6.45, 7) is 2.02. The third-order valence-corrected chi connectivity index (χ3v) is 4.11. The van der Waals surface area contributed by atoms with Crippen LogP contribution in [0, 0.1) is 11.3 Å². The van der Waals surface area contributed by atoms with Gasteiger partial charge in [-0.1, -0.05) is 18.2 Å². The first kappa shape index (κ1) is 19.6. The number of carbonyl (C=O) groups excluding carboxylic acids is 2. The Morgan fingerprint density at radius 2 is 1.86 bits per heavy atom. The highest BCUT2D eigenvalue weighted by molar-refractivity contribution is 5.94. The van der Waals surface area contributed by atoms with Crippen LogP contribution in [0.5, 0.6) is 0 Å². The number of rotatable bonds is 6. The Labute approximate surface area is 167 Å². The molecule has 0 aliphatic rings. The van der Waals surface area contributed by atoms with Crippen LogP contribution in [-0.2, 0) is 16.0 Å². The highest BCUT2D eigenvalue weighted by Crippen LogP contribution is 2.21. The number of benzene rings is 2. The fourth-order valence-electron chi connectivity index (χ4n) is 2.75. The van der Waals surface area contributed by atoms with E-state index in [9.17, 15) is 14.9 Å². The zero-order chi connectivity index (χ0) is 20.8. The minimum Gasteiger partial charge on any atom is -0.462 e. The average Bonchev–Trinajstić information content (AvgIpc) is 3.04. The Morgan fingerprint density at radius 1 is 1.17 bits per heavy atom. The number of nitriles is 1. The average molecular weight is 389 g/mol. The lowest BCUT2D eigenvalue weighted by molar-refractivity contribution is -0.115. The van der Waals surface area contributed by atoms with Crippen LogP contribution in [0.25, 0.3) is 5.69 Å². The van der Waals surface area contributed by atoms with Crippen molar-refractivity contribution in [2.24, 2.45) is 0 Å². The van der Waals surface area contributed by atoms with E-state index in [1.54, 1.807) is 43.3 Å². The van der Waals surface area contributed by atoms with Crippen LogP contribution in [-0.4, -0.2) is 28.3 Å². The molecule has 2 aromatic carbocycles. The smallest absolute Gasteiger partial charge is 0.338 e. The maximum atomic E-state index is 12.4. The van der Waals surface area contributed by atoms with Gasteiger partial charge in [-0.15, -0.1) is 0 Å². The first-order chi connectivity index (χ1) is 14.0. The third kappa shape index (κ3) is 4.42. The highest BCUT2D eigenvalue weighted by Gasteiger charge is 2.19. The number of nitrogens with one attached hydrogen (secondary N) is 1. The van der Waals surface area contributed by atoms with Crippen molar-refractivity contribution in [3.05, 3.63) is 71.4 Å². The quantitative estimate of drug-likeness (QED) is 0.625. The molecule has 0 unspecified atom stereocenters. The lowest BCUT2D eigenvalue weighted by Gasteiger charge is -2.06. The molecule has 1 heterocycles. The number of nitrogens with zero attached hydrogens (tertiary/aromatic N) is 3. The van der Waals surface area contributed by atoms with Crippen molar-refractivity contribution in [2.45, 2.75) is 13.3 Å². The molecule has 3 aromatic rings. The van der Waals surface area contributed by atoms with E-state index in [4.69, 9.17) is 10.5 Å². The van der Waals surface area contributed by atoms with Gasteiger partial charge >= 0.3 is 5.97 Å². The van der Waals surface area contributed by atoms with Crippen LogP contribution in [0.1, 0.15) is 28.5 Å². The Balaban J connectivity index is 1.74. The zero-order valence-electron chi connectivity index (χ0n) is 15.8. The van der Waals surface area contributed by atoms with Gasteiger partial charge in [0.1, 0.15) is 17.5 Å². The molecule has 0 aliphatic carbocycles. The predicted molar refractivity (Wildman–Crippen MR) is 107 cm³/mol. The minimum atomic E-state index is -0.425. The van der Waals surface area contributed by atoms with Crippen molar-refractivity contribution in [3.63, 3.8) is 0 Å². The lowest BCUT2D eigenvalue weighted by Crippen LogP contribution is -2.15. The number of aromatic nitrogens is 2. The number of hydrogen-bond acceptors (Lipinski definition) is 6. The molecule has 1 amide bonds. The molecular weight excluding hydrogens is 370 g/mol. The molecule has 0 fully saturated rings. The highest BCUT2D eigenvalue weighted by atomic mass is 16.5. The van der Waals surface area contributed by atoms with Gasteiger partial charge in [0.05, 0.1) is 30.0 Å². The summed E-state index contributed by atoms with van der Waals surface area (Å²) in [5.41, 5.74) is 8.10. The predicted octanol–water partition coefficient (Wildman–Crippen LogP) is 2.68. The number of anilines is 2. The number of esters is 1. The minimum absolute atomic E-state index is 0.118. The van der Waals surface area contributed by atoms with Crippen LogP contribution >= 0.6 is 0 Å². The van der Waals surface area contributed by atoms with Gasteiger partial charge in [0.25, 0.3) is 0 Å². The lowest BCUT2D eigenvalue weighted by atomic mass is 10.1. The molecule has 0 saturated heterocycles. The normalized spacial score (nSPS) is 10.2. The van der Waals surface area contributed by atoms with Crippen molar-refractivity contribution >= 4 is 23.4 Å². The van der Waals surface area contributed by atoms with E-state index in [2.05, 4.69) is 10.4 Å². The molecular formula is C21H19N5O3. The Kier molecular flexibility index (Phi) is 5.90. The molecule has 29 heavy (non-hydrogen) atoms. The number of para-hydroxylation sites is 1. The number of carbonyl (C=O) groups is 2. The van der Waals surface area contributed by atoms with Gasteiger partial charge in [-0.25, -0.2) is 9.48 Å². The first-order valence-electron chi connectivity index (χ1n) is 8.93. The summed E-state index contributed by atoms with van der Waals surface area (Å²) < 4.78 is 6.36. The zero-order valence-corrected chi connectivity index (χ0v) is 15.8. The molecule has 1 aromatic heterocycles. The van der Waals surface area contributed by atoms with Crippen LogP contribution in [0.2, 0.25) is 0 Å². The van der Waals surface area contributed by atoms with Crippen LogP contribution in [0.4, 0.5) is 11.5 Å². The summed E-state index contributed by atoms with van der Waals surface area (Å²) in [5, 5.41) is 16.5. The van der Waals surface area contributed by atoms with Crippen molar-refractivity contribution in [2.75, 3.05) is 17.7 Å². The van der Waals surface area contributed by atoms with E-state index in [0.717, 1.165) is 0 Å². The van der Waals surface area contributed by atoms with Crippen molar-refractivity contribution < 1.29 is 14.3 Å². The second-order valence-corrected chi connectivity index (χ2v) is 6.09. The number of hydrogen-bond donors (Lipinski definition) is 2. The molecule has 0 spiro atoms. The third-order valence-electron chi connectivity index (χ3n) is 4.11. The molecule has 3 rings (SSSR count). The number of nitrogens with two attached hydrogens (primary N) is 1. The summed E-state index contributed by atoms with van der Waals surface area (Å²) in [5.74, 6) is -0.602. The maximum absolute atomic E-state index is 12.4. The SMILES string of the molecule is CCOC(=O)c1ccc(NC(=O)Cc2nn(-c3ccccc3)c(N)c2C#N)cc1. The second kappa shape index (κ2) is 8.71. The Morgan fingerprint density at radius 3 is 2.48 bits per heavy atom. The molecule has 146 valence electrons. The molecule has 0 bridgehead atoms. The number of ether oxygens (including phenoxy) is 1. The van der Waals surface area contributed by atoms with Crippen LogP contribution in [0.3, 0.4) is 0 Å². The van der Waals surface area contributed by atoms with E-state index in [-0.39, 0.29) is 36.0 Å². The van der Waals surface area contributed by atoms with Gasteiger partial charge in [-0.05, 0) is 43.3 Å². The summed E-state index contributed by atoms with van der Waals surface area (Å²) >= 11 is 0. The van der Waals surface area contributed by atoms with Crippen molar-refractivity contribution in [1.82, 2.24) is 9.78 Å². The van der Waals surface area contributed by atoms with Crippen LogP contribution < -0.4 is 11.1 Å². The summed E-state index contributed by atoms with van der Waals surface area (Å²) in [6.07, 6.45) is -0.118. The van der Waals surface area contributed by atoms with Gasteiger partial charge in [0.15, 0.2) is 0 Å². The second-order valence-electron chi connectivity index (χ2n) is 6.09. The van der Waals surface area contributed by atoms with Crippen molar-refractivity contribution in [1.29, 1.82) is 5.26 Å². The largest absolute Gasteiger partial charge is 0.462 e. The van der Waals surface area contributed by atoms with Gasteiger partial charge in [-0.2, -0.15) is 10.4 Å². The fraction of sp³-hybridized carbons (Fsp3) is 0.143. The molecule has 8 heteroatoms. The summed E-state index contributed by atoms with van der Waals surface area (Å²) in [6, 6.07) is 17.5. The molecule has 8 nitrogen and oxygen atoms in total. The van der Waals surface area contributed by atoms with E-state index in [1.165, 1.54) is 4.68 Å². The number of amides is 1. The standard InChI is InChI=1S/C21H19N5O3/c1-2-29-21(28)14-8-10-15(11-9-14)24-19(27)12-18-17(13-22)20(23)26(25-18)16-6-4-3-5-7-16/h3-11H,2,12,23H2,1H3,(H,24,27). The van der Waals surface area contributed by atoms with E-state index >= 15 is 0 Å². The Hall–Kier alpha value is -4.12. The summed E-state index contributed by atoms with van der Waals surface area (Å²) in [4.78, 5) is 24.1. The first-order valence-corrected chi connectivity index (χ1v) is 8.93. The monoisotopic (exact) mass is 389 g/mol.